The molecular formula is C10H14O3. The molecule has 13 heavy (non-hydrogen) atoms. The van der Waals surface area contributed by atoms with Gasteiger partial charge in [0.15, 0.2) is 0 Å². The van der Waals surface area contributed by atoms with Gasteiger partial charge in [0.1, 0.15) is 5.76 Å². The molecule has 3 nitrogen and oxygen atoms in total. The quantitative estimate of drug-likeness (QED) is 0.630. The van der Waals surface area contributed by atoms with Gasteiger partial charge in [-0.1, -0.05) is 19.9 Å². The molecule has 1 aliphatic carbocycles. The molecular weight excluding hydrogens is 168 g/mol. The van der Waals surface area contributed by atoms with Crippen LogP contribution in [0.1, 0.15) is 20.3 Å². The predicted octanol–water partition coefficient (Wildman–Crippen LogP) is 1.96. The summed E-state index contributed by atoms with van der Waals surface area (Å²) < 4.78 is 4.52. The lowest BCUT2D eigenvalue weighted by molar-refractivity contribution is -0.136. The van der Waals surface area contributed by atoms with Gasteiger partial charge in [-0.2, -0.15) is 0 Å². The Hall–Kier alpha value is -1.25. The van der Waals surface area contributed by atoms with Gasteiger partial charge < -0.3 is 9.84 Å². The van der Waals surface area contributed by atoms with Gasteiger partial charge in [-0.3, -0.25) is 0 Å². The molecule has 0 heterocycles. The van der Waals surface area contributed by atoms with Crippen LogP contribution in [0.15, 0.2) is 23.5 Å². The summed E-state index contributed by atoms with van der Waals surface area (Å²) in [5.74, 6) is -0.372. The van der Waals surface area contributed by atoms with Crippen molar-refractivity contribution >= 4 is 5.97 Å². The van der Waals surface area contributed by atoms with Gasteiger partial charge in [0.05, 0.1) is 12.7 Å². The Morgan fingerprint density at radius 3 is 2.69 bits per heavy atom. The average molecular weight is 182 g/mol. The van der Waals surface area contributed by atoms with Crippen molar-refractivity contribution in [3.63, 3.8) is 0 Å². The van der Waals surface area contributed by atoms with E-state index in [1.807, 2.05) is 19.9 Å². The van der Waals surface area contributed by atoms with Crippen molar-refractivity contribution in [1.82, 2.24) is 0 Å². The monoisotopic (exact) mass is 182 g/mol. The highest BCUT2D eigenvalue weighted by Gasteiger charge is 2.25. The average Bonchev–Trinajstić information content (AvgIpc) is 2.01. The van der Waals surface area contributed by atoms with Gasteiger partial charge in [0.2, 0.25) is 0 Å². The smallest absolute Gasteiger partial charge is 0.341 e. The zero-order valence-electron chi connectivity index (χ0n) is 8.13. The maximum atomic E-state index is 11.1. The topological polar surface area (TPSA) is 46.5 Å². The molecule has 0 atom stereocenters. The number of ether oxygens (including phenoxy) is 1. The van der Waals surface area contributed by atoms with Crippen LogP contribution in [0, 0.1) is 5.41 Å². The van der Waals surface area contributed by atoms with Gasteiger partial charge in [-0.15, -0.1) is 0 Å². The Kier molecular flexibility index (Phi) is 2.45. The van der Waals surface area contributed by atoms with E-state index in [2.05, 4.69) is 4.74 Å². The van der Waals surface area contributed by atoms with E-state index < -0.39 is 5.97 Å². The van der Waals surface area contributed by atoms with Crippen LogP contribution < -0.4 is 0 Å². The minimum absolute atomic E-state index is 0.0817. The van der Waals surface area contributed by atoms with E-state index in [9.17, 15) is 9.90 Å². The molecule has 3 heteroatoms. The fourth-order valence-corrected chi connectivity index (χ4v) is 1.29. The number of hydrogen-bond donors (Lipinski definition) is 1. The molecule has 0 aromatic rings. The van der Waals surface area contributed by atoms with E-state index in [4.69, 9.17) is 0 Å². The van der Waals surface area contributed by atoms with Crippen LogP contribution in [-0.4, -0.2) is 18.2 Å². The number of aliphatic hydroxyl groups is 1. The summed E-state index contributed by atoms with van der Waals surface area (Å²) in [7, 11) is 1.30. The number of hydrogen-bond acceptors (Lipinski definition) is 3. The van der Waals surface area contributed by atoms with Crippen LogP contribution in [0.3, 0.4) is 0 Å². The van der Waals surface area contributed by atoms with E-state index in [0.717, 1.165) is 0 Å². The second-order valence-corrected chi connectivity index (χ2v) is 3.85. The van der Waals surface area contributed by atoms with E-state index in [1.165, 1.54) is 7.11 Å². The second-order valence-electron chi connectivity index (χ2n) is 3.85. The first-order chi connectivity index (χ1) is 5.96. The van der Waals surface area contributed by atoms with Gasteiger partial charge >= 0.3 is 5.97 Å². The van der Waals surface area contributed by atoms with Crippen molar-refractivity contribution in [2.24, 2.45) is 5.41 Å². The summed E-state index contributed by atoms with van der Waals surface area (Å²) >= 11 is 0. The maximum absolute atomic E-state index is 11.1. The summed E-state index contributed by atoms with van der Waals surface area (Å²) in [4.78, 5) is 11.1. The molecule has 0 amide bonds. The van der Waals surface area contributed by atoms with E-state index in [0.29, 0.717) is 6.42 Å². The molecule has 1 aliphatic rings. The second kappa shape index (κ2) is 3.24. The third-order valence-electron chi connectivity index (χ3n) is 2.04. The van der Waals surface area contributed by atoms with Crippen LogP contribution in [0.4, 0.5) is 0 Å². The lowest BCUT2D eigenvalue weighted by Crippen LogP contribution is -2.17. The number of allylic oxidation sites excluding steroid dienone is 2. The summed E-state index contributed by atoms with van der Waals surface area (Å²) in [5.41, 5.74) is 0.184. The summed E-state index contributed by atoms with van der Waals surface area (Å²) in [6.45, 7) is 3.99. The van der Waals surface area contributed by atoms with Crippen LogP contribution >= 0.6 is 0 Å². The van der Waals surface area contributed by atoms with E-state index in [1.54, 1.807) is 6.08 Å². The molecule has 0 aromatic carbocycles. The largest absolute Gasteiger partial charge is 0.511 e. The molecule has 1 N–H and O–H groups in total. The highest BCUT2D eigenvalue weighted by molar-refractivity contribution is 5.92. The molecule has 0 saturated heterocycles. The third kappa shape index (κ3) is 2.11. The number of carbonyl (C=O) groups excluding carboxylic acids is 1. The summed E-state index contributed by atoms with van der Waals surface area (Å²) in [6, 6.07) is 0. The van der Waals surface area contributed by atoms with Crippen LogP contribution in [-0.2, 0) is 9.53 Å². The van der Waals surface area contributed by atoms with Crippen LogP contribution in [0.5, 0.6) is 0 Å². The lowest BCUT2D eigenvalue weighted by Gasteiger charge is -2.24. The zero-order valence-corrected chi connectivity index (χ0v) is 8.13. The fraction of sp³-hybridized carbons (Fsp3) is 0.500. The first-order valence-electron chi connectivity index (χ1n) is 4.16. The van der Waals surface area contributed by atoms with Crippen molar-refractivity contribution in [1.29, 1.82) is 0 Å². The highest BCUT2D eigenvalue weighted by atomic mass is 16.5. The van der Waals surface area contributed by atoms with Gasteiger partial charge in [-0.05, 0) is 11.5 Å². The number of esters is 1. The van der Waals surface area contributed by atoms with Crippen LogP contribution in [0.25, 0.3) is 0 Å². The van der Waals surface area contributed by atoms with Crippen molar-refractivity contribution in [2.75, 3.05) is 7.11 Å². The van der Waals surface area contributed by atoms with Crippen LogP contribution in [0.2, 0.25) is 0 Å². The molecule has 0 bridgehead atoms. The molecule has 0 saturated carbocycles. The van der Waals surface area contributed by atoms with Gasteiger partial charge in [-0.25, -0.2) is 4.79 Å². The first kappa shape index (κ1) is 9.84. The minimum Gasteiger partial charge on any atom is -0.511 e. The Balaban J connectivity index is 2.91. The number of rotatable bonds is 1. The fourth-order valence-electron chi connectivity index (χ4n) is 1.29. The maximum Gasteiger partial charge on any atom is 0.341 e. The van der Waals surface area contributed by atoms with E-state index in [-0.39, 0.29) is 16.7 Å². The highest BCUT2D eigenvalue weighted by Crippen LogP contribution is 2.32. The van der Waals surface area contributed by atoms with Crippen molar-refractivity contribution in [3.8, 4) is 0 Å². The number of aliphatic hydroxyl groups excluding tert-OH is 1. The molecule has 1 rings (SSSR count). The third-order valence-corrected chi connectivity index (χ3v) is 2.04. The normalized spacial score (nSPS) is 20.2. The molecule has 0 unspecified atom stereocenters. The van der Waals surface area contributed by atoms with Gasteiger partial charge in [0, 0.05) is 6.42 Å². The first-order valence-corrected chi connectivity index (χ1v) is 4.16. The molecule has 72 valence electrons. The van der Waals surface area contributed by atoms with Gasteiger partial charge in [0.25, 0.3) is 0 Å². The van der Waals surface area contributed by atoms with Crippen molar-refractivity contribution < 1.29 is 14.6 Å². The Bertz CT molecular complexity index is 285. The SMILES string of the molecule is COC(=O)C1=C(O)CC(C)(C)C=C1. The van der Waals surface area contributed by atoms with Crippen molar-refractivity contribution in [2.45, 2.75) is 20.3 Å². The molecule has 0 aliphatic heterocycles. The Labute approximate surface area is 77.7 Å². The molecule has 0 fully saturated rings. The standard InChI is InChI=1S/C10H14O3/c1-10(2)5-4-7(8(11)6-10)9(12)13-3/h4-5,11H,6H2,1-3H3. The predicted molar refractivity (Wildman–Crippen MR) is 49.2 cm³/mol. The summed E-state index contributed by atoms with van der Waals surface area (Å²) in [6.07, 6.45) is 4.00. The molecule has 0 radical (unpaired) electrons. The summed E-state index contributed by atoms with van der Waals surface area (Å²) in [5, 5.41) is 9.53. The zero-order chi connectivity index (χ0) is 10.1. The number of carbonyl (C=O) groups is 1. The minimum atomic E-state index is -0.482. The van der Waals surface area contributed by atoms with Crippen molar-refractivity contribution in [3.05, 3.63) is 23.5 Å². The molecule has 0 spiro atoms. The Morgan fingerprint density at radius 2 is 2.23 bits per heavy atom. The number of methoxy groups -OCH3 is 1. The molecule has 0 aromatic heterocycles. The Morgan fingerprint density at radius 1 is 1.62 bits per heavy atom. The van der Waals surface area contributed by atoms with E-state index >= 15 is 0 Å². The lowest BCUT2D eigenvalue weighted by atomic mass is 9.83.